The molecule has 1 unspecified atom stereocenters. The molecular weight excluding hydrogens is 430 g/mol. The first-order chi connectivity index (χ1) is 15.9. The predicted molar refractivity (Wildman–Crippen MR) is 117 cm³/mol. The van der Waals surface area contributed by atoms with Gasteiger partial charge in [0.05, 0.1) is 18.1 Å². The number of hydrogen-bond donors (Lipinski definition) is 1. The van der Waals surface area contributed by atoms with Gasteiger partial charge in [-0.05, 0) is 37.3 Å². The van der Waals surface area contributed by atoms with Crippen molar-refractivity contribution in [3.05, 3.63) is 72.2 Å². The van der Waals surface area contributed by atoms with Gasteiger partial charge in [-0.1, -0.05) is 0 Å². The van der Waals surface area contributed by atoms with Crippen LogP contribution >= 0.6 is 0 Å². The number of ether oxygens (including phenoxy) is 1. The first kappa shape index (κ1) is 21.0. The van der Waals surface area contributed by atoms with E-state index < -0.39 is 17.7 Å². The monoisotopic (exact) mass is 450 g/mol. The van der Waals surface area contributed by atoms with E-state index >= 15 is 4.39 Å². The SMILES string of the molecule is CC(Oc1ccc2ncc(-c3ccc(N4C[C@@H](N)CC4=O)cc3F)n2n1)c1cncc(F)c1. The molecule has 5 rings (SSSR count). The average Bonchev–Trinajstić information content (AvgIpc) is 3.35. The zero-order valence-corrected chi connectivity index (χ0v) is 17.7. The molecule has 168 valence electrons. The number of nitrogens with zero attached hydrogens (tertiary/aromatic N) is 5. The van der Waals surface area contributed by atoms with Crippen molar-refractivity contribution in [1.82, 2.24) is 19.6 Å². The molecule has 0 aliphatic carbocycles. The Balaban J connectivity index is 1.45. The van der Waals surface area contributed by atoms with Crippen LogP contribution in [0.5, 0.6) is 5.88 Å². The standard InChI is InChI=1S/C23H20F2N6O2/c1-13(14-6-15(24)10-27-9-14)33-22-5-4-21-28-11-20(31(21)29-22)18-3-2-17(8-19(18)25)30-12-16(26)7-23(30)32/h2-6,8-11,13,16H,7,12,26H2,1H3/t13?,16-/m0/s1. The van der Waals surface area contributed by atoms with Crippen molar-refractivity contribution in [2.45, 2.75) is 25.5 Å². The smallest absolute Gasteiger partial charge is 0.232 e. The largest absolute Gasteiger partial charge is 0.469 e. The van der Waals surface area contributed by atoms with Crippen molar-refractivity contribution in [3.63, 3.8) is 0 Å². The Bertz CT molecular complexity index is 1360. The van der Waals surface area contributed by atoms with E-state index in [1.807, 2.05) is 0 Å². The second kappa shape index (κ2) is 8.21. The molecule has 2 N–H and O–H groups in total. The highest BCUT2D eigenvalue weighted by Crippen LogP contribution is 2.30. The third kappa shape index (κ3) is 4.00. The first-order valence-electron chi connectivity index (χ1n) is 10.4. The van der Waals surface area contributed by atoms with Crippen LogP contribution in [0.2, 0.25) is 0 Å². The van der Waals surface area contributed by atoms with Crippen LogP contribution in [0.3, 0.4) is 0 Å². The summed E-state index contributed by atoms with van der Waals surface area (Å²) in [6, 6.07) is 8.98. The second-order valence-electron chi connectivity index (χ2n) is 7.91. The molecule has 3 aromatic heterocycles. The number of anilines is 1. The topological polar surface area (TPSA) is 98.6 Å². The number of rotatable bonds is 5. The minimum atomic E-state index is -0.519. The molecular formula is C23H20F2N6O2. The maximum absolute atomic E-state index is 15.1. The van der Waals surface area contributed by atoms with E-state index in [0.717, 1.165) is 6.20 Å². The third-order valence-electron chi connectivity index (χ3n) is 5.53. The molecule has 1 aliphatic rings. The molecule has 0 spiro atoms. The minimum absolute atomic E-state index is 0.129. The number of pyridine rings is 1. The van der Waals surface area contributed by atoms with Crippen LogP contribution in [0.4, 0.5) is 14.5 Å². The van der Waals surface area contributed by atoms with Gasteiger partial charge in [0.2, 0.25) is 11.8 Å². The summed E-state index contributed by atoms with van der Waals surface area (Å²) in [5.74, 6) is -0.850. The molecule has 1 fully saturated rings. The predicted octanol–water partition coefficient (Wildman–Crippen LogP) is 3.27. The van der Waals surface area contributed by atoms with Gasteiger partial charge in [-0.3, -0.25) is 9.78 Å². The molecule has 0 saturated carbocycles. The maximum Gasteiger partial charge on any atom is 0.232 e. The molecule has 1 saturated heterocycles. The number of amides is 1. The van der Waals surface area contributed by atoms with Gasteiger partial charge < -0.3 is 15.4 Å². The average molecular weight is 450 g/mol. The molecule has 8 nitrogen and oxygen atoms in total. The number of imidazole rings is 1. The molecule has 4 heterocycles. The summed E-state index contributed by atoms with van der Waals surface area (Å²) in [4.78, 5) is 21.7. The van der Waals surface area contributed by atoms with Crippen LogP contribution < -0.4 is 15.4 Å². The van der Waals surface area contributed by atoms with Crippen LogP contribution in [0.25, 0.3) is 16.9 Å². The van der Waals surface area contributed by atoms with Crippen LogP contribution in [0.1, 0.15) is 25.0 Å². The second-order valence-corrected chi connectivity index (χ2v) is 7.91. The van der Waals surface area contributed by atoms with Gasteiger partial charge in [0.15, 0.2) is 5.65 Å². The van der Waals surface area contributed by atoms with E-state index in [1.54, 1.807) is 31.2 Å². The van der Waals surface area contributed by atoms with Crippen LogP contribution in [0, 0.1) is 11.6 Å². The van der Waals surface area contributed by atoms with Gasteiger partial charge >= 0.3 is 0 Å². The van der Waals surface area contributed by atoms with Crippen LogP contribution in [-0.2, 0) is 4.79 Å². The lowest BCUT2D eigenvalue weighted by molar-refractivity contribution is -0.117. The number of halogens is 2. The molecule has 1 aliphatic heterocycles. The Morgan fingerprint density at radius 3 is 2.73 bits per heavy atom. The Kier molecular flexibility index (Phi) is 5.21. The fourth-order valence-electron chi connectivity index (χ4n) is 3.87. The molecule has 33 heavy (non-hydrogen) atoms. The van der Waals surface area contributed by atoms with E-state index in [-0.39, 0.29) is 29.8 Å². The molecule has 10 heteroatoms. The summed E-state index contributed by atoms with van der Waals surface area (Å²) < 4.78 is 35.9. The van der Waals surface area contributed by atoms with E-state index in [0.29, 0.717) is 29.1 Å². The zero-order valence-electron chi connectivity index (χ0n) is 17.7. The van der Waals surface area contributed by atoms with Crippen molar-refractivity contribution in [2.24, 2.45) is 5.73 Å². The van der Waals surface area contributed by atoms with Crippen molar-refractivity contribution >= 4 is 17.2 Å². The van der Waals surface area contributed by atoms with Crippen molar-refractivity contribution < 1.29 is 18.3 Å². The highest BCUT2D eigenvalue weighted by Gasteiger charge is 2.28. The number of fused-ring (bicyclic) bond motifs is 1. The fourth-order valence-corrected chi connectivity index (χ4v) is 3.87. The van der Waals surface area contributed by atoms with Crippen LogP contribution in [-0.4, -0.2) is 38.1 Å². The Morgan fingerprint density at radius 2 is 2.00 bits per heavy atom. The number of carbonyl (C=O) groups is 1. The lowest BCUT2D eigenvalue weighted by atomic mass is 10.1. The Hall–Kier alpha value is -3.92. The summed E-state index contributed by atoms with van der Waals surface area (Å²) in [5, 5.41) is 4.43. The van der Waals surface area contributed by atoms with Crippen molar-refractivity contribution in [3.8, 4) is 17.1 Å². The summed E-state index contributed by atoms with van der Waals surface area (Å²) >= 11 is 0. The van der Waals surface area contributed by atoms with Gasteiger partial charge in [-0.2, -0.15) is 0 Å². The molecule has 1 amide bonds. The highest BCUT2D eigenvalue weighted by molar-refractivity contribution is 5.96. The zero-order chi connectivity index (χ0) is 23.1. The van der Waals surface area contributed by atoms with Crippen molar-refractivity contribution in [2.75, 3.05) is 11.4 Å². The molecule has 0 radical (unpaired) electrons. The number of benzene rings is 1. The molecule has 1 aromatic carbocycles. The summed E-state index contributed by atoms with van der Waals surface area (Å²) in [7, 11) is 0. The van der Waals surface area contributed by atoms with E-state index in [9.17, 15) is 9.18 Å². The summed E-state index contributed by atoms with van der Waals surface area (Å²) in [6.07, 6.45) is 3.88. The summed E-state index contributed by atoms with van der Waals surface area (Å²) in [6.45, 7) is 2.11. The molecule has 0 bridgehead atoms. The molecule has 2 atom stereocenters. The number of hydrogen-bond acceptors (Lipinski definition) is 6. The lowest BCUT2D eigenvalue weighted by Gasteiger charge is -2.17. The quantitative estimate of drug-likeness (QED) is 0.501. The van der Waals surface area contributed by atoms with E-state index in [1.165, 1.54) is 33.9 Å². The lowest BCUT2D eigenvalue weighted by Crippen LogP contribution is -2.28. The maximum atomic E-state index is 15.1. The number of aromatic nitrogens is 4. The first-order valence-corrected chi connectivity index (χ1v) is 10.4. The fraction of sp³-hybridized carbons (Fsp3) is 0.217. The number of carbonyl (C=O) groups excluding carboxylic acids is 1. The van der Waals surface area contributed by atoms with Gasteiger partial charge in [0, 0.05) is 48.1 Å². The Morgan fingerprint density at radius 1 is 1.15 bits per heavy atom. The minimum Gasteiger partial charge on any atom is -0.469 e. The Labute approximate surface area is 187 Å². The summed E-state index contributed by atoms with van der Waals surface area (Å²) in [5.41, 5.74) is 8.05. The normalized spacial score (nSPS) is 17.0. The van der Waals surface area contributed by atoms with Gasteiger partial charge in [0.1, 0.15) is 17.7 Å². The highest BCUT2D eigenvalue weighted by atomic mass is 19.1. The van der Waals surface area contributed by atoms with Gasteiger partial charge in [-0.15, -0.1) is 5.10 Å². The molecule has 4 aromatic rings. The van der Waals surface area contributed by atoms with Gasteiger partial charge in [0.25, 0.3) is 0 Å². The van der Waals surface area contributed by atoms with E-state index in [2.05, 4.69) is 15.1 Å². The van der Waals surface area contributed by atoms with Crippen LogP contribution in [0.15, 0.2) is 55.0 Å². The van der Waals surface area contributed by atoms with Gasteiger partial charge in [-0.25, -0.2) is 18.3 Å². The number of nitrogens with two attached hydrogens (primary N) is 1. The van der Waals surface area contributed by atoms with E-state index in [4.69, 9.17) is 10.5 Å². The third-order valence-corrected chi connectivity index (χ3v) is 5.53. The van der Waals surface area contributed by atoms with Crippen molar-refractivity contribution in [1.29, 1.82) is 0 Å².